The third-order valence-electron chi connectivity index (χ3n) is 3.75. The molecule has 2 aromatic carbocycles. The summed E-state index contributed by atoms with van der Waals surface area (Å²) >= 11 is 6.27. The number of hydrogen-bond donors (Lipinski definition) is 1. The van der Waals surface area contributed by atoms with Gasteiger partial charge in [0, 0.05) is 5.02 Å². The molecule has 2 heteroatoms. The standard InChI is InChI=1S/C19H24ClN/c1-13(2)10-15-6-5-7-16(11-15)19(21-4)17-9-8-14(3)18(20)12-17/h5-9,11-13,19,21H,10H2,1-4H3. The molecule has 0 spiro atoms. The molecule has 1 unspecified atom stereocenters. The number of nitrogens with one attached hydrogen (secondary N) is 1. The zero-order chi connectivity index (χ0) is 15.4. The van der Waals surface area contributed by atoms with E-state index < -0.39 is 0 Å². The monoisotopic (exact) mass is 301 g/mol. The van der Waals surface area contributed by atoms with E-state index in [0.717, 1.165) is 17.0 Å². The molecule has 0 bridgehead atoms. The summed E-state index contributed by atoms with van der Waals surface area (Å²) in [5.74, 6) is 0.669. The van der Waals surface area contributed by atoms with Gasteiger partial charge in [-0.05, 0) is 54.6 Å². The van der Waals surface area contributed by atoms with E-state index in [1.807, 2.05) is 14.0 Å². The fourth-order valence-corrected chi connectivity index (χ4v) is 2.87. The van der Waals surface area contributed by atoms with E-state index in [4.69, 9.17) is 11.6 Å². The molecular formula is C19H24ClN. The molecule has 0 saturated heterocycles. The lowest BCUT2D eigenvalue weighted by Gasteiger charge is -2.19. The van der Waals surface area contributed by atoms with Crippen LogP contribution in [0.3, 0.4) is 0 Å². The van der Waals surface area contributed by atoms with Gasteiger partial charge in [0.2, 0.25) is 0 Å². The molecule has 0 aliphatic heterocycles. The van der Waals surface area contributed by atoms with Crippen molar-refractivity contribution in [2.24, 2.45) is 5.92 Å². The largest absolute Gasteiger partial charge is 0.309 e. The summed E-state index contributed by atoms with van der Waals surface area (Å²) in [6, 6.07) is 15.3. The topological polar surface area (TPSA) is 12.0 Å². The van der Waals surface area contributed by atoms with E-state index in [1.54, 1.807) is 0 Å². The lowest BCUT2D eigenvalue weighted by molar-refractivity contribution is 0.643. The molecule has 112 valence electrons. The molecule has 0 amide bonds. The van der Waals surface area contributed by atoms with E-state index in [0.29, 0.717) is 5.92 Å². The van der Waals surface area contributed by atoms with Crippen molar-refractivity contribution in [1.29, 1.82) is 0 Å². The average molecular weight is 302 g/mol. The molecule has 0 heterocycles. The van der Waals surface area contributed by atoms with E-state index >= 15 is 0 Å². The maximum absolute atomic E-state index is 6.27. The molecule has 0 fully saturated rings. The molecule has 0 aliphatic carbocycles. The molecule has 0 saturated carbocycles. The first-order chi connectivity index (χ1) is 10.0. The summed E-state index contributed by atoms with van der Waals surface area (Å²) in [4.78, 5) is 0. The zero-order valence-electron chi connectivity index (χ0n) is 13.3. The first-order valence-electron chi connectivity index (χ1n) is 7.53. The van der Waals surface area contributed by atoms with Crippen LogP contribution in [0.5, 0.6) is 0 Å². The van der Waals surface area contributed by atoms with Crippen molar-refractivity contribution in [3.8, 4) is 0 Å². The number of rotatable bonds is 5. The Balaban J connectivity index is 2.34. The van der Waals surface area contributed by atoms with Crippen LogP contribution in [0, 0.1) is 12.8 Å². The van der Waals surface area contributed by atoms with Crippen molar-refractivity contribution in [3.05, 3.63) is 69.7 Å². The van der Waals surface area contributed by atoms with Crippen LogP contribution in [-0.4, -0.2) is 7.05 Å². The van der Waals surface area contributed by atoms with Gasteiger partial charge in [-0.25, -0.2) is 0 Å². The van der Waals surface area contributed by atoms with Gasteiger partial charge in [0.15, 0.2) is 0 Å². The Kier molecular flexibility index (Phi) is 5.44. The van der Waals surface area contributed by atoms with Crippen LogP contribution in [0.25, 0.3) is 0 Å². The second kappa shape index (κ2) is 7.11. The summed E-state index contributed by atoms with van der Waals surface area (Å²) in [5, 5.41) is 4.23. The molecule has 1 atom stereocenters. The molecule has 1 N–H and O–H groups in total. The first-order valence-corrected chi connectivity index (χ1v) is 7.91. The quantitative estimate of drug-likeness (QED) is 0.804. The summed E-state index contributed by atoms with van der Waals surface area (Å²) in [5.41, 5.74) is 5.00. The molecular weight excluding hydrogens is 278 g/mol. The summed E-state index contributed by atoms with van der Waals surface area (Å²) in [6.45, 7) is 6.54. The van der Waals surface area contributed by atoms with Crippen molar-refractivity contribution in [1.82, 2.24) is 5.32 Å². The van der Waals surface area contributed by atoms with Gasteiger partial charge in [-0.15, -0.1) is 0 Å². The summed E-state index contributed by atoms with van der Waals surface area (Å²) in [7, 11) is 1.99. The summed E-state index contributed by atoms with van der Waals surface area (Å²) < 4.78 is 0. The second-order valence-corrected chi connectivity index (χ2v) is 6.48. The maximum atomic E-state index is 6.27. The van der Waals surface area contributed by atoms with Crippen molar-refractivity contribution in [2.45, 2.75) is 33.2 Å². The predicted molar refractivity (Wildman–Crippen MR) is 92.1 cm³/mol. The Bertz CT molecular complexity index is 604. The van der Waals surface area contributed by atoms with E-state index in [2.05, 4.69) is 61.6 Å². The van der Waals surface area contributed by atoms with Crippen molar-refractivity contribution in [2.75, 3.05) is 7.05 Å². The van der Waals surface area contributed by atoms with Crippen LogP contribution in [0.1, 0.15) is 42.1 Å². The van der Waals surface area contributed by atoms with E-state index in [9.17, 15) is 0 Å². The van der Waals surface area contributed by atoms with Gasteiger partial charge in [0.05, 0.1) is 6.04 Å². The van der Waals surface area contributed by atoms with Crippen LogP contribution in [-0.2, 0) is 6.42 Å². The van der Waals surface area contributed by atoms with Crippen molar-refractivity contribution >= 4 is 11.6 Å². The molecule has 2 aromatic rings. The number of halogens is 1. The van der Waals surface area contributed by atoms with Crippen LogP contribution >= 0.6 is 11.6 Å². The van der Waals surface area contributed by atoms with E-state index in [-0.39, 0.29) is 6.04 Å². The SMILES string of the molecule is CNC(c1cccc(CC(C)C)c1)c1ccc(C)c(Cl)c1. The van der Waals surface area contributed by atoms with Gasteiger partial charge in [0.1, 0.15) is 0 Å². The Hall–Kier alpha value is -1.31. The minimum Gasteiger partial charge on any atom is -0.309 e. The highest BCUT2D eigenvalue weighted by Gasteiger charge is 2.13. The maximum Gasteiger partial charge on any atom is 0.0574 e. The predicted octanol–water partition coefficient (Wildman–Crippen LogP) is 5.16. The molecule has 0 aromatic heterocycles. The molecule has 1 nitrogen and oxygen atoms in total. The molecule has 21 heavy (non-hydrogen) atoms. The summed E-state index contributed by atoms with van der Waals surface area (Å²) in [6.07, 6.45) is 1.11. The van der Waals surface area contributed by atoms with Gasteiger partial charge in [-0.3, -0.25) is 0 Å². The second-order valence-electron chi connectivity index (χ2n) is 6.07. The number of hydrogen-bond acceptors (Lipinski definition) is 1. The Morgan fingerprint density at radius 2 is 1.76 bits per heavy atom. The van der Waals surface area contributed by atoms with Crippen LogP contribution in [0.4, 0.5) is 0 Å². The Labute approximate surface area is 133 Å². The van der Waals surface area contributed by atoms with Gasteiger partial charge in [-0.2, -0.15) is 0 Å². The number of aryl methyl sites for hydroxylation is 1. The van der Waals surface area contributed by atoms with Gasteiger partial charge < -0.3 is 5.32 Å². The highest BCUT2D eigenvalue weighted by atomic mass is 35.5. The first kappa shape index (κ1) is 16.1. The minimum absolute atomic E-state index is 0.176. The highest BCUT2D eigenvalue weighted by molar-refractivity contribution is 6.31. The smallest absolute Gasteiger partial charge is 0.0574 e. The fourth-order valence-electron chi connectivity index (χ4n) is 2.69. The Morgan fingerprint density at radius 1 is 1.05 bits per heavy atom. The van der Waals surface area contributed by atoms with Crippen molar-refractivity contribution in [3.63, 3.8) is 0 Å². The third kappa shape index (κ3) is 4.09. The highest BCUT2D eigenvalue weighted by Crippen LogP contribution is 2.27. The fraction of sp³-hybridized carbons (Fsp3) is 0.368. The molecule has 0 radical (unpaired) electrons. The molecule has 2 rings (SSSR count). The lowest BCUT2D eigenvalue weighted by atomic mass is 9.94. The van der Waals surface area contributed by atoms with Gasteiger partial charge in [0.25, 0.3) is 0 Å². The number of benzene rings is 2. The van der Waals surface area contributed by atoms with Crippen molar-refractivity contribution < 1.29 is 0 Å². The zero-order valence-corrected chi connectivity index (χ0v) is 14.0. The Morgan fingerprint density at radius 3 is 2.38 bits per heavy atom. The van der Waals surface area contributed by atoms with Crippen LogP contribution < -0.4 is 5.32 Å². The van der Waals surface area contributed by atoms with Gasteiger partial charge in [-0.1, -0.05) is 61.8 Å². The van der Waals surface area contributed by atoms with Gasteiger partial charge >= 0.3 is 0 Å². The molecule has 0 aliphatic rings. The third-order valence-corrected chi connectivity index (χ3v) is 4.15. The van der Waals surface area contributed by atoms with Crippen LogP contribution in [0.15, 0.2) is 42.5 Å². The lowest BCUT2D eigenvalue weighted by Crippen LogP contribution is -2.18. The average Bonchev–Trinajstić information content (AvgIpc) is 2.43. The minimum atomic E-state index is 0.176. The normalized spacial score (nSPS) is 12.7. The van der Waals surface area contributed by atoms with Crippen LogP contribution in [0.2, 0.25) is 5.02 Å². The van der Waals surface area contributed by atoms with E-state index in [1.165, 1.54) is 16.7 Å².